The van der Waals surface area contributed by atoms with E-state index in [9.17, 15) is 8.42 Å². The Morgan fingerprint density at radius 3 is 2.61 bits per heavy atom. The molecule has 0 radical (unpaired) electrons. The molecular formula is C16H15BrN2O3S. The van der Waals surface area contributed by atoms with Gasteiger partial charge in [0.25, 0.3) is 10.0 Å². The van der Waals surface area contributed by atoms with Gasteiger partial charge < -0.3 is 4.74 Å². The number of sulfonamides is 1. The van der Waals surface area contributed by atoms with E-state index in [2.05, 4.69) is 20.9 Å². The average molecular weight is 395 g/mol. The van der Waals surface area contributed by atoms with Crippen LogP contribution in [-0.4, -0.2) is 38.8 Å². The Morgan fingerprint density at radius 2 is 1.91 bits per heavy atom. The number of methoxy groups -OCH3 is 1. The second-order valence-corrected chi connectivity index (χ2v) is 7.69. The molecule has 2 aromatic carbocycles. The molecular weight excluding hydrogens is 380 g/mol. The van der Waals surface area contributed by atoms with Gasteiger partial charge in [-0.1, -0.05) is 46.3 Å². The summed E-state index contributed by atoms with van der Waals surface area (Å²) in [6, 6.07) is 14.2. The Morgan fingerprint density at radius 1 is 1.17 bits per heavy atom. The summed E-state index contributed by atoms with van der Waals surface area (Å²) in [7, 11) is -2.30. The lowest BCUT2D eigenvalue weighted by molar-refractivity contribution is 0.401. The molecule has 0 saturated carbocycles. The van der Waals surface area contributed by atoms with Crippen molar-refractivity contribution in [1.82, 2.24) is 4.31 Å². The molecule has 7 heteroatoms. The molecule has 0 fully saturated rings. The standard InChI is InChI=1S/C16H15BrN2O3S/c1-22-14-8-7-13(17)11-15(14)23(20,21)19-10-9-18-16(19)12-5-3-2-4-6-12/h2-8,11H,9-10H2,1H3. The highest BCUT2D eigenvalue weighted by Crippen LogP contribution is 2.31. The topological polar surface area (TPSA) is 59.0 Å². The molecule has 0 bridgehead atoms. The van der Waals surface area contributed by atoms with Gasteiger partial charge in [-0.2, -0.15) is 0 Å². The minimum atomic E-state index is -3.75. The van der Waals surface area contributed by atoms with Gasteiger partial charge in [0.05, 0.1) is 20.2 Å². The Labute approximate surface area is 143 Å². The Hall–Kier alpha value is -1.86. The Kier molecular flexibility index (Phi) is 4.41. The molecule has 0 aliphatic carbocycles. The van der Waals surface area contributed by atoms with Crippen molar-refractivity contribution in [2.24, 2.45) is 4.99 Å². The van der Waals surface area contributed by atoms with Crippen LogP contribution in [0.1, 0.15) is 5.56 Å². The number of ether oxygens (including phenoxy) is 1. The highest BCUT2D eigenvalue weighted by molar-refractivity contribution is 9.10. The highest BCUT2D eigenvalue weighted by atomic mass is 79.9. The van der Waals surface area contributed by atoms with Crippen LogP contribution in [0.25, 0.3) is 0 Å². The molecule has 0 amide bonds. The summed E-state index contributed by atoms with van der Waals surface area (Å²) in [5.74, 6) is 0.778. The van der Waals surface area contributed by atoms with Crippen LogP contribution in [0.3, 0.4) is 0 Å². The van der Waals surface area contributed by atoms with Gasteiger partial charge >= 0.3 is 0 Å². The quantitative estimate of drug-likeness (QED) is 0.800. The molecule has 0 unspecified atom stereocenters. The monoisotopic (exact) mass is 394 g/mol. The maximum absolute atomic E-state index is 13.1. The molecule has 0 spiro atoms. The van der Waals surface area contributed by atoms with Crippen molar-refractivity contribution in [2.45, 2.75) is 4.90 Å². The number of hydrogen-bond donors (Lipinski definition) is 0. The van der Waals surface area contributed by atoms with E-state index in [-0.39, 0.29) is 4.90 Å². The van der Waals surface area contributed by atoms with E-state index in [1.54, 1.807) is 18.2 Å². The van der Waals surface area contributed by atoms with E-state index in [1.165, 1.54) is 11.4 Å². The van der Waals surface area contributed by atoms with E-state index >= 15 is 0 Å². The minimum Gasteiger partial charge on any atom is -0.495 e. The molecule has 1 heterocycles. The summed E-state index contributed by atoms with van der Waals surface area (Å²) in [6.45, 7) is 0.766. The van der Waals surface area contributed by atoms with E-state index in [0.29, 0.717) is 29.1 Å². The van der Waals surface area contributed by atoms with Gasteiger partial charge in [0.1, 0.15) is 16.5 Å². The molecule has 2 aromatic rings. The molecule has 1 aliphatic rings. The Bertz CT molecular complexity index is 851. The number of halogens is 1. The van der Waals surface area contributed by atoms with E-state index < -0.39 is 10.0 Å². The lowest BCUT2D eigenvalue weighted by Crippen LogP contribution is -2.35. The average Bonchev–Trinajstić information content (AvgIpc) is 3.06. The highest BCUT2D eigenvalue weighted by Gasteiger charge is 2.33. The first-order chi connectivity index (χ1) is 11.0. The number of benzene rings is 2. The van der Waals surface area contributed by atoms with Gasteiger partial charge in [-0.3, -0.25) is 4.99 Å². The zero-order valence-corrected chi connectivity index (χ0v) is 14.8. The second kappa shape index (κ2) is 6.33. The van der Waals surface area contributed by atoms with Crippen molar-refractivity contribution in [3.05, 3.63) is 58.6 Å². The second-order valence-electron chi connectivity index (χ2n) is 4.94. The van der Waals surface area contributed by atoms with Gasteiger partial charge in [-0.05, 0) is 18.2 Å². The van der Waals surface area contributed by atoms with Crippen LogP contribution in [0, 0.1) is 0 Å². The van der Waals surface area contributed by atoms with Gasteiger partial charge in [-0.15, -0.1) is 0 Å². The van der Waals surface area contributed by atoms with Crippen LogP contribution in [0.2, 0.25) is 0 Å². The van der Waals surface area contributed by atoms with Crippen molar-refractivity contribution in [2.75, 3.05) is 20.2 Å². The summed E-state index contributed by atoms with van der Waals surface area (Å²) in [4.78, 5) is 4.49. The van der Waals surface area contributed by atoms with Crippen LogP contribution >= 0.6 is 15.9 Å². The van der Waals surface area contributed by atoms with Gasteiger partial charge in [0.15, 0.2) is 0 Å². The van der Waals surface area contributed by atoms with Gasteiger partial charge in [-0.25, -0.2) is 12.7 Å². The predicted molar refractivity (Wildman–Crippen MR) is 92.4 cm³/mol. The molecule has 0 aromatic heterocycles. The third-order valence-electron chi connectivity index (χ3n) is 3.53. The van der Waals surface area contributed by atoms with Crippen LogP contribution < -0.4 is 4.74 Å². The molecule has 0 saturated heterocycles. The van der Waals surface area contributed by atoms with Crippen LogP contribution in [0.5, 0.6) is 5.75 Å². The van der Waals surface area contributed by atoms with Gasteiger partial charge in [0, 0.05) is 10.0 Å². The molecule has 3 rings (SSSR count). The molecule has 23 heavy (non-hydrogen) atoms. The van der Waals surface area contributed by atoms with E-state index in [0.717, 1.165) is 5.56 Å². The first-order valence-corrected chi connectivity index (χ1v) is 9.23. The number of nitrogens with zero attached hydrogens (tertiary/aromatic N) is 2. The zero-order chi connectivity index (χ0) is 16.4. The van der Waals surface area contributed by atoms with Crippen molar-refractivity contribution < 1.29 is 13.2 Å². The molecule has 0 N–H and O–H groups in total. The first kappa shape index (κ1) is 16.0. The summed E-state index contributed by atoms with van der Waals surface area (Å²) in [6.07, 6.45) is 0. The lowest BCUT2D eigenvalue weighted by atomic mass is 10.2. The van der Waals surface area contributed by atoms with E-state index in [4.69, 9.17) is 4.74 Å². The van der Waals surface area contributed by atoms with Crippen molar-refractivity contribution >= 4 is 31.8 Å². The van der Waals surface area contributed by atoms with Crippen molar-refractivity contribution in [1.29, 1.82) is 0 Å². The number of hydrogen-bond acceptors (Lipinski definition) is 4. The summed E-state index contributed by atoms with van der Waals surface area (Å²) in [5, 5.41) is 0. The molecule has 1 aliphatic heterocycles. The summed E-state index contributed by atoms with van der Waals surface area (Å²) in [5.41, 5.74) is 0.780. The SMILES string of the molecule is COc1ccc(Br)cc1S(=O)(=O)N1CCN=C1c1ccccc1. The third-order valence-corrected chi connectivity index (χ3v) is 5.83. The van der Waals surface area contributed by atoms with E-state index in [1.807, 2.05) is 30.3 Å². The molecule has 0 atom stereocenters. The number of aliphatic imine (C=N–C) groups is 1. The fraction of sp³-hybridized carbons (Fsp3) is 0.188. The molecule has 5 nitrogen and oxygen atoms in total. The van der Waals surface area contributed by atoms with Crippen molar-refractivity contribution in [3.63, 3.8) is 0 Å². The zero-order valence-electron chi connectivity index (χ0n) is 12.4. The van der Waals surface area contributed by atoms with Crippen LogP contribution in [0.4, 0.5) is 0 Å². The largest absolute Gasteiger partial charge is 0.495 e. The smallest absolute Gasteiger partial charge is 0.269 e. The summed E-state index contributed by atoms with van der Waals surface area (Å²) < 4.78 is 33.4. The van der Waals surface area contributed by atoms with Crippen LogP contribution in [0.15, 0.2) is 62.9 Å². The van der Waals surface area contributed by atoms with Gasteiger partial charge in [0.2, 0.25) is 0 Å². The van der Waals surface area contributed by atoms with Crippen LogP contribution in [-0.2, 0) is 10.0 Å². The minimum absolute atomic E-state index is 0.125. The summed E-state index contributed by atoms with van der Waals surface area (Å²) >= 11 is 3.32. The number of amidine groups is 1. The fourth-order valence-electron chi connectivity index (χ4n) is 2.46. The molecule has 120 valence electrons. The fourth-order valence-corrected chi connectivity index (χ4v) is 4.60. The maximum Gasteiger partial charge on any atom is 0.269 e. The normalized spacial score (nSPS) is 14.7. The first-order valence-electron chi connectivity index (χ1n) is 7.00. The third kappa shape index (κ3) is 2.98. The maximum atomic E-state index is 13.1. The predicted octanol–water partition coefficient (Wildman–Crippen LogP) is 2.91. The lowest BCUT2D eigenvalue weighted by Gasteiger charge is -2.22. The van der Waals surface area contributed by atoms with Crippen molar-refractivity contribution in [3.8, 4) is 5.75 Å². The Balaban J connectivity index is 2.07. The number of rotatable bonds is 4.